The lowest BCUT2D eigenvalue weighted by molar-refractivity contribution is -0.141. The molecule has 2 aliphatic heterocycles. The molecule has 2 saturated carbocycles. The number of imidazole rings is 2. The highest BCUT2D eigenvalue weighted by molar-refractivity contribution is 5.90. The summed E-state index contributed by atoms with van der Waals surface area (Å²) in [7, 11) is 0. The van der Waals surface area contributed by atoms with E-state index in [9.17, 15) is 19.2 Å². The summed E-state index contributed by atoms with van der Waals surface area (Å²) in [6.07, 6.45) is 14.2. The Labute approximate surface area is 354 Å². The normalized spacial score (nSPS) is 21.4. The summed E-state index contributed by atoms with van der Waals surface area (Å²) in [6, 6.07) is 11.0. The van der Waals surface area contributed by atoms with Gasteiger partial charge in [0.25, 0.3) is 0 Å². The molecule has 4 aliphatic rings. The van der Waals surface area contributed by atoms with Crippen LogP contribution in [0.5, 0.6) is 0 Å². The molecule has 2 aromatic heterocycles. The zero-order chi connectivity index (χ0) is 41.9. The Bertz CT molecular complexity index is 2110. The Morgan fingerprint density at radius 1 is 0.650 bits per heavy atom. The van der Waals surface area contributed by atoms with Crippen LogP contribution >= 0.6 is 0 Å². The highest BCUT2D eigenvalue weighted by Gasteiger charge is 2.40. The van der Waals surface area contributed by atoms with Crippen LogP contribution in [0.15, 0.2) is 36.4 Å². The van der Waals surface area contributed by atoms with Crippen molar-refractivity contribution in [1.29, 1.82) is 0 Å². The van der Waals surface area contributed by atoms with Crippen LogP contribution in [0.2, 0.25) is 0 Å². The number of nitrogens with zero attached hydrogens (tertiary/aromatic N) is 4. The van der Waals surface area contributed by atoms with Gasteiger partial charge in [0.1, 0.15) is 23.5 Å². The van der Waals surface area contributed by atoms with Crippen molar-refractivity contribution >= 4 is 45.6 Å². The molecule has 4 atom stereocenters. The van der Waals surface area contributed by atoms with Crippen LogP contribution in [0.25, 0.3) is 22.1 Å². The Kier molecular flexibility index (Phi) is 12.8. The molecule has 11 nitrogen and oxygen atoms in total. The molecule has 0 bridgehead atoms. The number of H-pyrrole nitrogens is 2. The third-order valence-electron chi connectivity index (χ3n) is 13.9. The standard InChI is InChI=1S/C49H63N7O4/c1-30(2)36(29-43(57)34-13-7-5-8-14-34)48(59)55-25-11-17-41(55)45-50-37-23-21-32(27-39(37)52-45)19-20-33-22-24-38-40(28-33)53-46(51-38)42-18-12-26-56(42)49(60)44(31(3)4)54-47(58)35-15-9-6-10-16-35/h21-24,27-28,30-31,34-36,41-42,44H,5-18,25-26,29H2,1-4H3,(H,50,52)(H,51,53)(H,54,58)/t36?,41-,42-,44?/m0/s1. The molecule has 2 aromatic carbocycles. The maximum atomic E-state index is 14.1. The molecule has 8 rings (SSSR count). The monoisotopic (exact) mass is 813 g/mol. The van der Waals surface area contributed by atoms with Crippen LogP contribution in [0, 0.1) is 41.4 Å². The average Bonchev–Trinajstić information content (AvgIpc) is 4.09. The summed E-state index contributed by atoms with van der Waals surface area (Å²) >= 11 is 0. The molecular formula is C49H63N7O4. The first-order valence-electron chi connectivity index (χ1n) is 23.0. The van der Waals surface area contributed by atoms with Gasteiger partial charge >= 0.3 is 0 Å². The highest BCUT2D eigenvalue weighted by Crippen LogP contribution is 2.37. The number of hydrogen-bond donors (Lipinski definition) is 3. The van der Waals surface area contributed by atoms with Crippen LogP contribution in [-0.2, 0) is 19.2 Å². The predicted molar refractivity (Wildman–Crippen MR) is 233 cm³/mol. The summed E-state index contributed by atoms with van der Waals surface area (Å²) in [4.78, 5) is 75.3. The number of rotatable bonds is 11. The van der Waals surface area contributed by atoms with Crippen molar-refractivity contribution in [2.75, 3.05) is 13.1 Å². The fourth-order valence-corrected chi connectivity index (χ4v) is 10.3. The number of fused-ring (bicyclic) bond motifs is 2. The number of aromatic nitrogens is 4. The molecule has 4 aromatic rings. The Morgan fingerprint density at radius 2 is 1.15 bits per heavy atom. The van der Waals surface area contributed by atoms with Gasteiger partial charge in [0.05, 0.1) is 34.2 Å². The van der Waals surface area contributed by atoms with E-state index in [0.717, 1.165) is 122 Å². The van der Waals surface area contributed by atoms with E-state index in [0.29, 0.717) is 19.5 Å². The molecule has 4 heterocycles. The third kappa shape index (κ3) is 9.03. The van der Waals surface area contributed by atoms with Gasteiger partial charge < -0.3 is 25.1 Å². The molecule has 0 radical (unpaired) electrons. The van der Waals surface area contributed by atoms with Gasteiger partial charge in [-0.15, -0.1) is 0 Å². The van der Waals surface area contributed by atoms with Crippen LogP contribution in [0.4, 0.5) is 0 Å². The Hall–Kier alpha value is -4.98. The van der Waals surface area contributed by atoms with E-state index in [-0.39, 0.29) is 65.2 Å². The quantitative estimate of drug-likeness (QED) is 0.129. The lowest BCUT2D eigenvalue weighted by Gasteiger charge is -2.31. The summed E-state index contributed by atoms with van der Waals surface area (Å²) in [5.41, 5.74) is 5.08. The number of hydrogen-bond acceptors (Lipinski definition) is 6. The van der Waals surface area contributed by atoms with Crippen LogP contribution in [0.1, 0.15) is 159 Å². The second kappa shape index (κ2) is 18.3. The topological polar surface area (TPSA) is 144 Å². The minimum absolute atomic E-state index is 0.000656. The molecule has 3 N–H and O–H groups in total. The van der Waals surface area contributed by atoms with Gasteiger partial charge in [-0.3, -0.25) is 19.2 Å². The summed E-state index contributed by atoms with van der Waals surface area (Å²) in [5, 5.41) is 3.14. The molecular weight excluding hydrogens is 751 g/mol. The number of nitrogens with one attached hydrogen (secondary N) is 3. The molecule has 2 saturated heterocycles. The number of Topliss-reactive ketones (excluding diaryl/α,β-unsaturated/α-hetero) is 1. The van der Waals surface area contributed by atoms with E-state index < -0.39 is 6.04 Å². The number of ketones is 1. The fourth-order valence-electron chi connectivity index (χ4n) is 10.3. The van der Waals surface area contributed by atoms with Crippen molar-refractivity contribution < 1.29 is 19.2 Å². The predicted octanol–water partition coefficient (Wildman–Crippen LogP) is 8.70. The Morgan fingerprint density at radius 3 is 1.65 bits per heavy atom. The largest absolute Gasteiger partial charge is 0.344 e. The van der Waals surface area contributed by atoms with E-state index in [1.54, 1.807) is 0 Å². The van der Waals surface area contributed by atoms with Gasteiger partial charge in [0.15, 0.2) is 0 Å². The van der Waals surface area contributed by atoms with E-state index in [4.69, 9.17) is 9.97 Å². The maximum Gasteiger partial charge on any atom is 0.246 e. The summed E-state index contributed by atoms with van der Waals surface area (Å²) < 4.78 is 0. The molecule has 2 aliphatic carbocycles. The van der Waals surface area contributed by atoms with Gasteiger partial charge in [-0.1, -0.05) is 78.1 Å². The number of carbonyl (C=O) groups is 4. The molecule has 4 fully saturated rings. The number of benzene rings is 2. The minimum atomic E-state index is -0.559. The van der Waals surface area contributed by atoms with Crippen LogP contribution < -0.4 is 5.32 Å². The second-order valence-electron chi connectivity index (χ2n) is 18.8. The number of aromatic amines is 2. The van der Waals surface area contributed by atoms with Crippen molar-refractivity contribution in [1.82, 2.24) is 35.1 Å². The van der Waals surface area contributed by atoms with E-state index >= 15 is 0 Å². The van der Waals surface area contributed by atoms with E-state index in [2.05, 4.69) is 41.0 Å². The first kappa shape index (κ1) is 41.7. The number of amides is 3. The number of likely N-dealkylation sites (tertiary alicyclic amines) is 2. The van der Waals surface area contributed by atoms with Gasteiger partial charge in [-0.25, -0.2) is 9.97 Å². The maximum absolute atomic E-state index is 14.1. The average molecular weight is 814 g/mol. The van der Waals surface area contributed by atoms with Gasteiger partial charge in [-0.05, 0) is 99.6 Å². The van der Waals surface area contributed by atoms with Crippen molar-refractivity contribution in [2.45, 2.75) is 142 Å². The molecule has 318 valence electrons. The number of carbonyl (C=O) groups excluding carboxylic acids is 4. The Balaban J connectivity index is 0.939. The van der Waals surface area contributed by atoms with Gasteiger partial charge in [-0.2, -0.15) is 0 Å². The first-order chi connectivity index (χ1) is 29.0. The third-order valence-corrected chi connectivity index (χ3v) is 13.9. The second-order valence-corrected chi connectivity index (χ2v) is 18.8. The van der Waals surface area contributed by atoms with E-state index in [1.165, 1.54) is 12.8 Å². The molecule has 2 unspecified atom stereocenters. The zero-order valence-electron chi connectivity index (χ0n) is 36.0. The molecule has 60 heavy (non-hydrogen) atoms. The molecule has 3 amide bonds. The lowest BCUT2D eigenvalue weighted by Crippen LogP contribution is -2.52. The van der Waals surface area contributed by atoms with E-state index in [1.807, 2.05) is 60.0 Å². The smallest absolute Gasteiger partial charge is 0.246 e. The highest BCUT2D eigenvalue weighted by atomic mass is 16.2. The molecule has 0 spiro atoms. The van der Waals surface area contributed by atoms with Gasteiger partial charge in [0.2, 0.25) is 17.7 Å². The van der Waals surface area contributed by atoms with Crippen LogP contribution in [0.3, 0.4) is 0 Å². The van der Waals surface area contributed by atoms with Gasteiger partial charge in [0, 0.05) is 48.4 Å². The lowest BCUT2D eigenvalue weighted by atomic mass is 9.80. The van der Waals surface area contributed by atoms with Crippen LogP contribution in [-0.4, -0.2) is 72.4 Å². The fraction of sp³-hybridized carbons (Fsp3) is 0.592. The summed E-state index contributed by atoms with van der Waals surface area (Å²) in [5.74, 6) is 8.39. The van der Waals surface area contributed by atoms with Crippen molar-refractivity contribution in [3.05, 3.63) is 59.2 Å². The van der Waals surface area contributed by atoms with Crippen molar-refractivity contribution in [2.24, 2.45) is 29.6 Å². The SMILES string of the molecule is CC(C)C(CC(=O)C1CCCCC1)C(=O)N1CCC[C@H]1c1nc2ccc(C#Cc3ccc4nc([C@@H]5CCCN5C(=O)C(NC(=O)C5CCCCC5)C(C)C)[nH]c4c3)cc2[nH]1. The van der Waals surface area contributed by atoms with Crippen molar-refractivity contribution in [3.8, 4) is 11.8 Å². The first-order valence-corrected chi connectivity index (χ1v) is 23.0. The summed E-state index contributed by atoms with van der Waals surface area (Å²) in [6.45, 7) is 9.45. The molecule has 11 heteroatoms. The minimum Gasteiger partial charge on any atom is -0.344 e. The van der Waals surface area contributed by atoms with Crippen molar-refractivity contribution in [3.63, 3.8) is 0 Å². The zero-order valence-corrected chi connectivity index (χ0v) is 36.0.